The summed E-state index contributed by atoms with van der Waals surface area (Å²) in [5.41, 5.74) is 5.40. The number of nitrogens with zero attached hydrogens (tertiary/aromatic N) is 5. The van der Waals surface area contributed by atoms with Gasteiger partial charge in [0.1, 0.15) is 11.3 Å². The van der Waals surface area contributed by atoms with Gasteiger partial charge in [-0.1, -0.05) is 49.4 Å². The van der Waals surface area contributed by atoms with Gasteiger partial charge in [0, 0.05) is 29.9 Å². The van der Waals surface area contributed by atoms with E-state index < -0.39 is 17.2 Å². The molecule has 3 heterocycles. The summed E-state index contributed by atoms with van der Waals surface area (Å²) in [7, 11) is 0. The molecule has 5 aromatic rings. The Bertz CT molecular complexity index is 1600. The SMILES string of the molecule is CCc1nc2c(C)ccnc2n1Cc1ccc(-c2ncccc2N(C(=O)c2ccccc2)S(=O)[O-])cc1. The van der Waals surface area contributed by atoms with Crippen LogP contribution in [-0.2, 0) is 24.2 Å². The van der Waals surface area contributed by atoms with E-state index in [-0.39, 0.29) is 11.3 Å². The number of amides is 1. The minimum absolute atomic E-state index is 0.186. The molecule has 0 saturated heterocycles. The third-order valence-corrected chi connectivity index (χ3v) is 6.82. The highest BCUT2D eigenvalue weighted by atomic mass is 32.2. The number of hydrogen-bond donors (Lipinski definition) is 0. The first-order chi connectivity index (χ1) is 18.0. The second-order valence-corrected chi connectivity index (χ2v) is 9.32. The molecule has 1 atom stereocenters. The van der Waals surface area contributed by atoms with E-state index in [1.54, 1.807) is 54.9 Å². The average Bonchev–Trinajstić information content (AvgIpc) is 3.28. The molecule has 37 heavy (non-hydrogen) atoms. The predicted octanol–water partition coefficient (Wildman–Crippen LogP) is 4.85. The maximum atomic E-state index is 13.1. The van der Waals surface area contributed by atoms with Crippen LogP contribution in [0.25, 0.3) is 22.4 Å². The van der Waals surface area contributed by atoms with Crippen LogP contribution in [-0.4, -0.2) is 34.2 Å². The van der Waals surface area contributed by atoms with Crippen LogP contribution >= 0.6 is 0 Å². The van der Waals surface area contributed by atoms with Crippen molar-refractivity contribution in [2.24, 2.45) is 0 Å². The number of imidazole rings is 1. The number of fused-ring (bicyclic) bond motifs is 1. The largest absolute Gasteiger partial charge is 0.755 e. The molecular formula is C28H24N5O3S-. The Morgan fingerprint density at radius 2 is 1.73 bits per heavy atom. The van der Waals surface area contributed by atoms with E-state index in [0.29, 0.717) is 17.8 Å². The Kier molecular flexibility index (Phi) is 6.89. The van der Waals surface area contributed by atoms with Crippen molar-refractivity contribution >= 4 is 34.0 Å². The van der Waals surface area contributed by atoms with Crippen molar-refractivity contribution in [1.29, 1.82) is 0 Å². The second kappa shape index (κ2) is 10.4. The number of pyridine rings is 2. The molecule has 1 unspecified atom stereocenters. The van der Waals surface area contributed by atoms with Gasteiger partial charge >= 0.3 is 0 Å². The van der Waals surface area contributed by atoms with Crippen LogP contribution in [0, 0.1) is 6.92 Å². The molecule has 0 aliphatic carbocycles. The summed E-state index contributed by atoms with van der Waals surface area (Å²) in [6.07, 6.45) is 4.15. The lowest BCUT2D eigenvalue weighted by Gasteiger charge is -2.26. The Balaban J connectivity index is 1.49. The zero-order valence-corrected chi connectivity index (χ0v) is 21.2. The van der Waals surface area contributed by atoms with Crippen LogP contribution in [0.2, 0.25) is 0 Å². The molecule has 3 aromatic heterocycles. The topological polar surface area (TPSA) is 104 Å². The van der Waals surface area contributed by atoms with Crippen molar-refractivity contribution in [3.8, 4) is 11.3 Å². The fourth-order valence-electron chi connectivity index (χ4n) is 4.31. The maximum Gasteiger partial charge on any atom is 0.269 e. The van der Waals surface area contributed by atoms with E-state index in [1.165, 1.54) is 0 Å². The molecule has 0 radical (unpaired) electrons. The number of anilines is 1. The summed E-state index contributed by atoms with van der Waals surface area (Å²) in [4.78, 5) is 26.8. The first kappa shape index (κ1) is 24.5. The van der Waals surface area contributed by atoms with E-state index in [0.717, 1.165) is 38.8 Å². The van der Waals surface area contributed by atoms with Gasteiger partial charge in [-0.15, -0.1) is 0 Å². The van der Waals surface area contributed by atoms with Gasteiger partial charge in [0.25, 0.3) is 5.91 Å². The van der Waals surface area contributed by atoms with Gasteiger partial charge in [-0.05, 0) is 48.4 Å². The molecule has 0 aliphatic heterocycles. The van der Waals surface area contributed by atoms with Crippen LogP contribution in [0.5, 0.6) is 0 Å². The quantitative estimate of drug-likeness (QED) is 0.290. The predicted molar refractivity (Wildman–Crippen MR) is 143 cm³/mol. The smallest absolute Gasteiger partial charge is 0.269 e. The molecule has 8 nitrogen and oxygen atoms in total. The minimum Gasteiger partial charge on any atom is -0.755 e. The molecular weight excluding hydrogens is 486 g/mol. The van der Waals surface area contributed by atoms with Gasteiger partial charge in [-0.3, -0.25) is 14.0 Å². The second-order valence-electron chi connectivity index (χ2n) is 8.52. The third kappa shape index (κ3) is 4.78. The van der Waals surface area contributed by atoms with Crippen molar-refractivity contribution in [1.82, 2.24) is 19.5 Å². The van der Waals surface area contributed by atoms with Crippen molar-refractivity contribution < 1.29 is 13.6 Å². The van der Waals surface area contributed by atoms with E-state index in [2.05, 4.69) is 21.5 Å². The number of aryl methyl sites for hydroxylation is 2. The van der Waals surface area contributed by atoms with Gasteiger partial charge < -0.3 is 9.12 Å². The lowest BCUT2D eigenvalue weighted by atomic mass is 10.1. The number of aromatic nitrogens is 4. The molecule has 0 N–H and O–H groups in total. The molecule has 0 saturated carbocycles. The Morgan fingerprint density at radius 3 is 2.43 bits per heavy atom. The van der Waals surface area contributed by atoms with E-state index in [9.17, 15) is 13.6 Å². The van der Waals surface area contributed by atoms with E-state index >= 15 is 0 Å². The lowest BCUT2D eigenvalue weighted by molar-refractivity contribution is 0.100. The number of hydrogen-bond acceptors (Lipinski definition) is 6. The van der Waals surface area contributed by atoms with E-state index in [4.69, 9.17) is 4.98 Å². The van der Waals surface area contributed by atoms with Crippen molar-refractivity contribution in [2.45, 2.75) is 26.8 Å². The maximum absolute atomic E-state index is 13.1. The molecule has 0 bridgehead atoms. The Labute approximate surface area is 217 Å². The fourth-order valence-corrected chi connectivity index (χ4v) is 4.86. The zero-order chi connectivity index (χ0) is 25.9. The van der Waals surface area contributed by atoms with Crippen LogP contribution in [0.1, 0.15) is 34.2 Å². The Hall–Kier alpha value is -4.21. The summed E-state index contributed by atoms with van der Waals surface area (Å²) < 4.78 is 27.2. The zero-order valence-electron chi connectivity index (χ0n) is 20.4. The van der Waals surface area contributed by atoms with Crippen molar-refractivity contribution in [3.63, 3.8) is 0 Å². The molecule has 186 valence electrons. The van der Waals surface area contributed by atoms with Crippen LogP contribution in [0.15, 0.2) is 85.2 Å². The third-order valence-electron chi connectivity index (χ3n) is 6.16. The number of rotatable bonds is 7. The van der Waals surface area contributed by atoms with Crippen LogP contribution in [0.4, 0.5) is 5.69 Å². The van der Waals surface area contributed by atoms with Crippen molar-refractivity contribution in [2.75, 3.05) is 4.31 Å². The van der Waals surface area contributed by atoms with E-state index in [1.807, 2.05) is 37.3 Å². The molecule has 1 amide bonds. The number of benzene rings is 2. The fraction of sp³-hybridized carbons (Fsp3) is 0.143. The summed E-state index contributed by atoms with van der Waals surface area (Å²) >= 11 is -2.84. The summed E-state index contributed by atoms with van der Waals surface area (Å²) in [5.74, 6) is 0.308. The molecule has 2 aromatic carbocycles. The highest BCUT2D eigenvalue weighted by Gasteiger charge is 2.23. The highest BCUT2D eigenvalue weighted by Crippen LogP contribution is 2.31. The number of carbonyl (C=O) groups excluding carboxylic acids is 1. The summed E-state index contributed by atoms with van der Waals surface area (Å²) in [5, 5.41) is 0. The monoisotopic (exact) mass is 510 g/mol. The van der Waals surface area contributed by atoms with Crippen LogP contribution in [0.3, 0.4) is 0 Å². The van der Waals surface area contributed by atoms with Gasteiger partial charge in [-0.2, -0.15) is 0 Å². The normalized spacial score (nSPS) is 12.0. The molecule has 0 fully saturated rings. The van der Waals surface area contributed by atoms with Gasteiger partial charge in [-0.25, -0.2) is 14.3 Å². The summed E-state index contributed by atoms with van der Waals surface area (Å²) in [6.45, 7) is 4.69. The number of carbonyl (C=O) groups is 1. The standard InChI is InChI=1S/C28H25N5O3S/c1-3-24-31-25-19(2)15-17-30-27(25)32(24)18-20-11-13-21(14-12-20)26-23(10-7-16-29-26)33(37(35)36)28(34)22-8-5-4-6-9-22/h4-17H,3,18H2,1-2H3,(H,35,36)/p-1. The molecule has 0 aliphatic rings. The van der Waals surface area contributed by atoms with Gasteiger partial charge in [0.05, 0.1) is 29.2 Å². The van der Waals surface area contributed by atoms with Crippen molar-refractivity contribution in [3.05, 3.63) is 108 Å². The molecule has 0 spiro atoms. The van der Waals surface area contributed by atoms with Crippen LogP contribution < -0.4 is 4.31 Å². The lowest BCUT2D eigenvalue weighted by Crippen LogP contribution is -2.33. The minimum atomic E-state index is -2.84. The van der Waals surface area contributed by atoms with Gasteiger partial charge in [0.15, 0.2) is 5.65 Å². The molecule has 5 rings (SSSR count). The highest BCUT2D eigenvalue weighted by molar-refractivity contribution is 7.81. The average molecular weight is 511 g/mol. The summed E-state index contributed by atoms with van der Waals surface area (Å²) in [6, 6.07) is 21.1. The molecule has 9 heteroatoms. The van der Waals surface area contributed by atoms with Gasteiger partial charge in [0.2, 0.25) is 0 Å². The first-order valence-electron chi connectivity index (χ1n) is 11.8. The first-order valence-corrected chi connectivity index (χ1v) is 12.8. The Morgan fingerprint density at radius 1 is 0.973 bits per heavy atom.